The van der Waals surface area contributed by atoms with E-state index in [1.807, 2.05) is 13.1 Å². The van der Waals surface area contributed by atoms with Gasteiger partial charge in [0.15, 0.2) is 5.78 Å². The van der Waals surface area contributed by atoms with E-state index in [1.165, 1.54) is 12.8 Å². The first kappa shape index (κ1) is 11.4. The Balaban J connectivity index is 2.24. The Bertz CT molecular complexity index is 392. The summed E-state index contributed by atoms with van der Waals surface area (Å²) in [6, 6.07) is 1.83. The average Bonchev–Trinajstić information content (AvgIpc) is 2.63. The molecule has 0 aromatic carbocycles. The minimum Gasteiger partial charge on any atom is -0.292 e. The molecular weight excluding hydrogens is 200 g/mol. The summed E-state index contributed by atoms with van der Waals surface area (Å²) in [4.78, 5) is 12.4. The number of hydrogen-bond acceptors (Lipinski definition) is 2. The summed E-state index contributed by atoms with van der Waals surface area (Å²) in [7, 11) is 1.84. The first-order valence-corrected chi connectivity index (χ1v) is 6.04. The molecule has 3 nitrogen and oxygen atoms in total. The van der Waals surface area contributed by atoms with Gasteiger partial charge >= 0.3 is 0 Å². The van der Waals surface area contributed by atoms with Crippen molar-refractivity contribution in [3.63, 3.8) is 0 Å². The fourth-order valence-corrected chi connectivity index (χ4v) is 2.77. The van der Waals surface area contributed by atoms with Gasteiger partial charge in [-0.2, -0.15) is 5.10 Å². The number of carbonyl (C=O) groups excluding carboxylic acids is 1. The molecule has 2 rings (SSSR count). The Morgan fingerprint density at radius 1 is 1.50 bits per heavy atom. The van der Waals surface area contributed by atoms with Crippen molar-refractivity contribution in [2.24, 2.45) is 18.4 Å². The summed E-state index contributed by atoms with van der Waals surface area (Å²) in [6.45, 7) is 4.43. The molecule has 1 heterocycles. The largest absolute Gasteiger partial charge is 0.292 e. The molecule has 1 atom stereocenters. The van der Waals surface area contributed by atoms with Crippen LogP contribution in [0.15, 0.2) is 12.3 Å². The molecule has 0 N–H and O–H groups in total. The molecule has 0 bridgehead atoms. The first-order valence-electron chi connectivity index (χ1n) is 6.04. The zero-order chi connectivity index (χ0) is 11.8. The lowest BCUT2D eigenvalue weighted by molar-refractivity contribution is 0.0687. The Kier molecular flexibility index (Phi) is 2.87. The molecule has 0 saturated heterocycles. The Hall–Kier alpha value is -1.12. The molecule has 0 aliphatic heterocycles. The number of rotatable bonds is 2. The van der Waals surface area contributed by atoms with Crippen LogP contribution in [0.1, 0.15) is 50.0 Å². The number of hydrogen-bond donors (Lipinski definition) is 0. The minimum atomic E-state index is 0.138. The topological polar surface area (TPSA) is 34.9 Å². The Labute approximate surface area is 96.8 Å². The third-order valence-corrected chi connectivity index (χ3v) is 3.90. The van der Waals surface area contributed by atoms with Gasteiger partial charge in [-0.15, -0.1) is 0 Å². The molecule has 1 fully saturated rings. The predicted molar refractivity (Wildman–Crippen MR) is 63.3 cm³/mol. The van der Waals surface area contributed by atoms with Crippen molar-refractivity contribution in [3.05, 3.63) is 18.0 Å². The molecule has 0 radical (unpaired) electrons. The summed E-state index contributed by atoms with van der Waals surface area (Å²) in [6.07, 6.45) is 6.31. The lowest BCUT2D eigenvalue weighted by atomic mass is 9.67. The quantitative estimate of drug-likeness (QED) is 0.718. The van der Waals surface area contributed by atoms with Crippen LogP contribution in [0.4, 0.5) is 0 Å². The van der Waals surface area contributed by atoms with Gasteiger partial charge in [0.1, 0.15) is 5.69 Å². The van der Waals surface area contributed by atoms with E-state index in [0.717, 1.165) is 18.5 Å². The van der Waals surface area contributed by atoms with Crippen LogP contribution in [-0.4, -0.2) is 15.6 Å². The van der Waals surface area contributed by atoms with E-state index in [4.69, 9.17) is 0 Å². The number of aromatic nitrogens is 2. The van der Waals surface area contributed by atoms with Gasteiger partial charge in [0.25, 0.3) is 0 Å². The number of aryl methyl sites for hydroxylation is 1. The maximum atomic E-state index is 12.4. The van der Waals surface area contributed by atoms with Crippen LogP contribution in [0.3, 0.4) is 0 Å². The second kappa shape index (κ2) is 4.04. The van der Waals surface area contributed by atoms with E-state index in [0.29, 0.717) is 0 Å². The van der Waals surface area contributed by atoms with E-state index < -0.39 is 0 Å². The van der Waals surface area contributed by atoms with Crippen LogP contribution in [0.5, 0.6) is 0 Å². The van der Waals surface area contributed by atoms with Gasteiger partial charge < -0.3 is 0 Å². The highest BCUT2D eigenvalue weighted by molar-refractivity contribution is 5.96. The minimum absolute atomic E-state index is 0.138. The molecule has 0 amide bonds. The third-order valence-electron chi connectivity index (χ3n) is 3.90. The van der Waals surface area contributed by atoms with Gasteiger partial charge in [-0.25, -0.2) is 0 Å². The van der Waals surface area contributed by atoms with Crippen LogP contribution in [0, 0.1) is 11.3 Å². The van der Waals surface area contributed by atoms with Crippen molar-refractivity contribution in [2.75, 3.05) is 0 Å². The van der Waals surface area contributed by atoms with Crippen LogP contribution < -0.4 is 0 Å². The summed E-state index contributed by atoms with van der Waals surface area (Å²) in [5.41, 5.74) is 0.888. The van der Waals surface area contributed by atoms with Crippen molar-refractivity contribution in [1.29, 1.82) is 0 Å². The van der Waals surface area contributed by atoms with E-state index in [-0.39, 0.29) is 17.1 Å². The SMILES string of the molecule is Cn1nccc1C(=O)C1CCCCC1(C)C. The molecular formula is C13H20N2O. The average molecular weight is 220 g/mol. The fraction of sp³-hybridized carbons (Fsp3) is 0.692. The molecule has 88 valence electrons. The van der Waals surface area contributed by atoms with Gasteiger partial charge in [-0.05, 0) is 24.3 Å². The van der Waals surface area contributed by atoms with E-state index in [9.17, 15) is 4.79 Å². The monoisotopic (exact) mass is 220 g/mol. The second-order valence-electron chi connectivity index (χ2n) is 5.49. The number of nitrogens with zero attached hydrogens (tertiary/aromatic N) is 2. The standard InChI is InChI=1S/C13H20N2O/c1-13(2)8-5-4-6-10(13)12(16)11-7-9-14-15(11)3/h7,9-10H,4-6,8H2,1-3H3. The number of Topliss-reactive ketones (excluding diaryl/α,β-unsaturated/α-hetero) is 1. The van der Waals surface area contributed by atoms with E-state index in [1.54, 1.807) is 10.9 Å². The van der Waals surface area contributed by atoms with Crippen LogP contribution in [0.2, 0.25) is 0 Å². The van der Waals surface area contributed by atoms with Crippen molar-refractivity contribution in [3.8, 4) is 0 Å². The second-order valence-corrected chi connectivity index (χ2v) is 5.49. The summed E-state index contributed by atoms with van der Waals surface area (Å²) >= 11 is 0. The predicted octanol–water partition coefficient (Wildman–Crippen LogP) is 2.82. The van der Waals surface area contributed by atoms with Crippen LogP contribution in [-0.2, 0) is 7.05 Å². The van der Waals surface area contributed by atoms with Crippen molar-refractivity contribution in [1.82, 2.24) is 9.78 Å². The highest BCUT2D eigenvalue weighted by atomic mass is 16.1. The maximum absolute atomic E-state index is 12.4. The molecule has 1 aliphatic rings. The Morgan fingerprint density at radius 3 is 2.81 bits per heavy atom. The fourth-order valence-electron chi connectivity index (χ4n) is 2.77. The van der Waals surface area contributed by atoms with Gasteiger partial charge in [0, 0.05) is 19.2 Å². The molecule has 1 aromatic heterocycles. The molecule has 16 heavy (non-hydrogen) atoms. The van der Waals surface area contributed by atoms with Crippen molar-refractivity contribution in [2.45, 2.75) is 39.5 Å². The highest BCUT2D eigenvalue weighted by Crippen LogP contribution is 2.41. The number of ketones is 1. The smallest absolute Gasteiger partial charge is 0.184 e. The lowest BCUT2D eigenvalue weighted by Crippen LogP contribution is -2.34. The van der Waals surface area contributed by atoms with E-state index in [2.05, 4.69) is 18.9 Å². The Morgan fingerprint density at radius 2 is 2.25 bits per heavy atom. The van der Waals surface area contributed by atoms with Gasteiger partial charge in [-0.1, -0.05) is 26.7 Å². The summed E-state index contributed by atoms with van der Waals surface area (Å²) < 4.78 is 1.69. The van der Waals surface area contributed by atoms with Gasteiger partial charge in [0.05, 0.1) is 0 Å². The summed E-state index contributed by atoms with van der Waals surface area (Å²) in [5, 5.41) is 4.08. The normalized spacial score (nSPS) is 24.3. The molecule has 3 heteroatoms. The molecule has 1 aliphatic carbocycles. The van der Waals surface area contributed by atoms with Crippen LogP contribution in [0.25, 0.3) is 0 Å². The lowest BCUT2D eigenvalue weighted by Gasteiger charge is -2.37. The van der Waals surface area contributed by atoms with Gasteiger partial charge in [-0.3, -0.25) is 9.48 Å². The molecule has 0 spiro atoms. The third kappa shape index (κ3) is 1.91. The zero-order valence-corrected chi connectivity index (χ0v) is 10.4. The summed E-state index contributed by atoms with van der Waals surface area (Å²) in [5.74, 6) is 0.432. The molecule has 1 saturated carbocycles. The van der Waals surface area contributed by atoms with Crippen molar-refractivity contribution < 1.29 is 4.79 Å². The van der Waals surface area contributed by atoms with Gasteiger partial charge in [0.2, 0.25) is 0 Å². The van der Waals surface area contributed by atoms with Crippen molar-refractivity contribution >= 4 is 5.78 Å². The number of carbonyl (C=O) groups is 1. The maximum Gasteiger partial charge on any atom is 0.184 e. The highest BCUT2D eigenvalue weighted by Gasteiger charge is 2.38. The molecule has 1 aromatic rings. The van der Waals surface area contributed by atoms with E-state index >= 15 is 0 Å². The van der Waals surface area contributed by atoms with Crippen LogP contribution >= 0.6 is 0 Å². The first-order chi connectivity index (χ1) is 7.52. The molecule has 1 unspecified atom stereocenters. The zero-order valence-electron chi connectivity index (χ0n) is 10.4.